The van der Waals surface area contributed by atoms with Gasteiger partial charge in [0.15, 0.2) is 0 Å². The molecule has 22 heavy (non-hydrogen) atoms. The van der Waals surface area contributed by atoms with E-state index in [-0.39, 0.29) is 18.2 Å². The van der Waals surface area contributed by atoms with E-state index in [1.165, 1.54) is 12.1 Å². The minimum absolute atomic E-state index is 0.0843. The van der Waals surface area contributed by atoms with Crippen LogP contribution < -0.4 is 15.4 Å². The van der Waals surface area contributed by atoms with E-state index >= 15 is 0 Å². The van der Waals surface area contributed by atoms with E-state index in [0.29, 0.717) is 6.42 Å². The molecule has 0 aliphatic heterocycles. The Morgan fingerprint density at radius 3 is 2.64 bits per heavy atom. The summed E-state index contributed by atoms with van der Waals surface area (Å²) in [5, 5.41) is 14.5. The zero-order chi connectivity index (χ0) is 16.8. The van der Waals surface area contributed by atoms with E-state index in [2.05, 4.69) is 15.4 Å². The van der Waals surface area contributed by atoms with E-state index in [0.717, 1.165) is 12.1 Å². The van der Waals surface area contributed by atoms with Crippen molar-refractivity contribution in [3.05, 3.63) is 24.3 Å². The molecule has 3 N–H and O–H groups in total. The Kier molecular flexibility index (Phi) is 6.48. The van der Waals surface area contributed by atoms with Crippen molar-refractivity contribution in [1.82, 2.24) is 5.32 Å². The molecule has 2 amide bonds. The van der Waals surface area contributed by atoms with E-state index in [4.69, 9.17) is 0 Å². The molecule has 1 rings (SSSR count). The third kappa shape index (κ3) is 7.16. The van der Waals surface area contributed by atoms with Crippen molar-refractivity contribution in [1.29, 1.82) is 0 Å². The molecule has 1 unspecified atom stereocenters. The second-order valence-corrected chi connectivity index (χ2v) is 5.06. The molecule has 1 aromatic carbocycles. The average Bonchev–Trinajstić information content (AvgIpc) is 2.36. The van der Waals surface area contributed by atoms with Crippen LogP contribution in [0, 0.1) is 5.92 Å². The van der Waals surface area contributed by atoms with Gasteiger partial charge in [0.05, 0.1) is 6.10 Å². The number of aliphatic hydroxyl groups excluding tert-OH is 1. The van der Waals surface area contributed by atoms with Crippen LogP contribution in [0.25, 0.3) is 0 Å². The molecule has 0 aliphatic rings. The van der Waals surface area contributed by atoms with Gasteiger partial charge in [0.25, 0.3) is 0 Å². The van der Waals surface area contributed by atoms with Gasteiger partial charge in [-0.2, -0.15) is 0 Å². The topological polar surface area (TPSA) is 70.6 Å². The highest BCUT2D eigenvalue weighted by Crippen LogP contribution is 2.24. The summed E-state index contributed by atoms with van der Waals surface area (Å²) >= 11 is 0. The lowest BCUT2D eigenvalue weighted by atomic mass is 10.0. The SMILES string of the molecule is CC(C)C(O)CCNC(=O)Nc1cccc(OC(F)(F)F)c1. The molecule has 1 aromatic rings. The summed E-state index contributed by atoms with van der Waals surface area (Å²) in [6.07, 6.45) is -4.92. The van der Waals surface area contributed by atoms with Crippen LogP contribution in [0.1, 0.15) is 20.3 Å². The second kappa shape index (κ2) is 7.88. The molecule has 0 bridgehead atoms. The van der Waals surface area contributed by atoms with Crippen LogP contribution in [0.2, 0.25) is 0 Å². The number of aliphatic hydroxyl groups is 1. The Morgan fingerprint density at radius 2 is 2.05 bits per heavy atom. The predicted molar refractivity (Wildman–Crippen MR) is 75.6 cm³/mol. The molecule has 0 saturated carbocycles. The number of anilines is 1. The molecule has 0 radical (unpaired) electrons. The number of amides is 2. The van der Waals surface area contributed by atoms with E-state index < -0.39 is 24.2 Å². The molecule has 5 nitrogen and oxygen atoms in total. The number of alkyl halides is 3. The number of halogens is 3. The van der Waals surface area contributed by atoms with E-state index in [9.17, 15) is 23.1 Å². The van der Waals surface area contributed by atoms with Crippen LogP contribution >= 0.6 is 0 Å². The van der Waals surface area contributed by atoms with Crippen LogP contribution in [-0.2, 0) is 0 Å². The van der Waals surface area contributed by atoms with Crippen LogP contribution in [0.4, 0.5) is 23.7 Å². The van der Waals surface area contributed by atoms with Crippen molar-refractivity contribution in [3.63, 3.8) is 0 Å². The fourth-order valence-corrected chi connectivity index (χ4v) is 1.61. The fourth-order valence-electron chi connectivity index (χ4n) is 1.61. The standard InChI is InChI=1S/C14H19F3N2O3/c1-9(2)12(20)6-7-18-13(21)19-10-4-3-5-11(8-10)22-14(15,16)17/h3-5,8-9,12,20H,6-7H2,1-2H3,(H2,18,19,21). The largest absolute Gasteiger partial charge is 0.573 e. The van der Waals surface area contributed by atoms with Gasteiger partial charge in [-0.15, -0.1) is 13.2 Å². The van der Waals surface area contributed by atoms with Gasteiger partial charge >= 0.3 is 12.4 Å². The molecule has 8 heteroatoms. The summed E-state index contributed by atoms with van der Waals surface area (Å²) in [6.45, 7) is 3.97. The Labute approximate surface area is 126 Å². The average molecular weight is 320 g/mol. The molecule has 124 valence electrons. The van der Waals surface area contributed by atoms with Gasteiger partial charge in [0, 0.05) is 18.3 Å². The van der Waals surface area contributed by atoms with E-state index in [1.807, 2.05) is 13.8 Å². The van der Waals surface area contributed by atoms with Crippen molar-refractivity contribution >= 4 is 11.7 Å². The number of hydrogen-bond acceptors (Lipinski definition) is 3. The van der Waals surface area contributed by atoms with Crippen molar-refractivity contribution in [3.8, 4) is 5.75 Å². The Balaban J connectivity index is 2.46. The number of hydrogen-bond donors (Lipinski definition) is 3. The molecule has 0 fully saturated rings. The van der Waals surface area contributed by atoms with Crippen LogP contribution in [0.15, 0.2) is 24.3 Å². The number of carbonyl (C=O) groups is 1. The number of urea groups is 1. The molecular formula is C14H19F3N2O3. The summed E-state index contributed by atoms with van der Waals surface area (Å²) in [4.78, 5) is 11.6. The van der Waals surface area contributed by atoms with Crippen molar-refractivity contribution in [2.45, 2.75) is 32.7 Å². The highest BCUT2D eigenvalue weighted by molar-refractivity contribution is 5.89. The minimum Gasteiger partial charge on any atom is -0.406 e. The van der Waals surface area contributed by atoms with E-state index in [1.54, 1.807) is 0 Å². The second-order valence-electron chi connectivity index (χ2n) is 5.06. The summed E-state index contributed by atoms with van der Waals surface area (Å²) in [5.41, 5.74) is 0.170. The molecular weight excluding hydrogens is 301 g/mol. The quantitative estimate of drug-likeness (QED) is 0.754. The first-order chi connectivity index (χ1) is 10.2. The lowest BCUT2D eigenvalue weighted by Gasteiger charge is -2.15. The Morgan fingerprint density at radius 1 is 1.36 bits per heavy atom. The van der Waals surface area contributed by atoms with Gasteiger partial charge in [-0.1, -0.05) is 19.9 Å². The predicted octanol–water partition coefficient (Wildman–Crippen LogP) is 3.11. The van der Waals surface area contributed by atoms with Gasteiger partial charge in [0.1, 0.15) is 5.75 Å². The summed E-state index contributed by atoms with van der Waals surface area (Å²) in [5.74, 6) is -0.332. The van der Waals surface area contributed by atoms with Gasteiger partial charge in [-0.3, -0.25) is 0 Å². The summed E-state index contributed by atoms with van der Waals surface area (Å²) < 4.78 is 40.1. The first-order valence-corrected chi connectivity index (χ1v) is 6.76. The van der Waals surface area contributed by atoms with Gasteiger partial charge < -0.3 is 20.5 Å². The van der Waals surface area contributed by atoms with Crippen molar-refractivity contribution in [2.24, 2.45) is 5.92 Å². The zero-order valence-corrected chi connectivity index (χ0v) is 12.3. The van der Waals surface area contributed by atoms with Crippen LogP contribution in [-0.4, -0.2) is 30.1 Å². The minimum atomic E-state index is -4.78. The Bertz CT molecular complexity index is 492. The highest BCUT2D eigenvalue weighted by atomic mass is 19.4. The number of nitrogens with one attached hydrogen (secondary N) is 2. The number of benzene rings is 1. The monoisotopic (exact) mass is 320 g/mol. The first-order valence-electron chi connectivity index (χ1n) is 6.76. The molecule has 0 heterocycles. The molecule has 0 aliphatic carbocycles. The lowest BCUT2D eigenvalue weighted by molar-refractivity contribution is -0.274. The van der Waals surface area contributed by atoms with Gasteiger partial charge in [0.2, 0.25) is 0 Å². The number of ether oxygens (including phenoxy) is 1. The maximum absolute atomic E-state index is 12.1. The maximum Gasteiger partial charge on any atom is 0.573 e. The molecule has 0 spiro atoms. The third-order valence-corrected chi connectivity index (χ3v) is 2.82. The highest BCUT2D eigenvalue weighted by Gasteiger charge is 2.31. The summed E-state index contributed by atoms with van der Waals surface area (Å²) in [6, 6.07) is 4.40. The fraction of sp³-hybridized carbons (Fsp3) is 0.500. The van der Waals surface area contributed by atoms with Crippen LogP contribution in [0.3, 0.4) is 0 Å². The molecule has 0 aromatic heterocycles. The van der Waals surface area contributed by atoms with Crippen LogP contribution in [0.5, 0.6) is 5.75 Å². The van der Waals surface area contributed by atoms with Gasteiger partial charge in [-0.05, 0) is 24.5 Å². The lowest BCUT2D eigenvalue weighted by Crippen LogP contribution is -2.32. The van der Waals surface area contributed by atoms with Gasteiger partial charge in [-0.25, -0.2) is 4.79 Å². The Hall–Kier alpha value is -1.96. The third-order valence-electron chi connectivity index (χ3n) is 2.82. The summed E-state index contributed by atoms with van der Waals surface area (Å²) in [7, 11) is 0. The zero-order valence-electron chi connectivity index (χ0n) is 12.3. The number of rotatable bonds is 6. The molecule has 1 atom stereocenters. The first kappa shape index (κ1) is 18.1. The number of carbonyl (C=O) groups excluding carboxylic acids is 1. The van der Waals surface area contributed by atoms with Crippen molar-refractivity contribution in [2.75, 3.05) is 11.9 Å². The van der Waals surface area contributed by atoms with Crippen molar-refractivity contribution < 1.29 is 27.8 Å². The normalized spacial score (nSPS) is 12.9. The maximum atomic E-state index is 12.1. The smallest absolute Gasteiger partial charge is 0.406 e. The molecule has 0 saturated heterocycles.